The van der Waals surface area contributed by atoms with Crippen molar-refractivity contribution in [1.29, 1.82) is 0 Å². The number of halogens is 3. The molecule has 2 fully saturated rings. The Morgan fingerprint density at radius 1 is 1.00 bits per heavy atom. The van der Waals surface area contributed by atoms with Gasteiger partial charge in [-0.25, -0.2) is 4.98 Å². The average molecular weight is 415 g/mol. The molecule has 1 aromatic rings. The summed E-state index contributed by atoms with van der Waals surface area (Å²) in [4.78, 5) is 22.8. The van der Waals surface area contributed by atoms with Gasteiger partial charge in [-0.2, -0.15) is 13.2 Å². The van der Waals surface area contributed by atoms with Crippen LogP contribution in [0.4, 0.5) is 19.0 Å². The molecular weight excluding hydrogens is 387 g/mol. The minimum Gasteiger partial charge on any atom is -0.390 e. The van der Waals surface area contributed by atoms with Crippen molar-refractivity contribution in [3.8, 4) is 0 Å². The molecule has 162 valence electrons. The third-order valence-electron chi connectivity index (χ3n) is 5.48. The third kappa shape index (κ3) is 6.28. The number of hydrogen-bond donors (Lipinski definition) is 1. The molecule has 10 heteroatoms. The number of aromatic nitrogens is 1. The number of β-amino-alcohol motifs (C(OH)–C–C–N with tert-alkyl or cyclic N) is 1. The Morgan fingerprint density at radius 2 is 1.66 bits per heavy atom. The van der Waals surface area contributed by atoms with Crippen molar-refractivity contribution >= 4 is 12.2 Å². The van der Waals surface area contributed by atoms with Crippen LogP contribution in [0.5, 0.6) is 0 Å². The summed E-state index contributed by atoms with van der Waals surface area (Å²) in [6, 6.07) is 2.49. The van der Waals surface area contributed by atoms with Gasteiger partial charge in [0.25, 0.3) is 0 Å². The van der Waals surface area contributed by atoms with Gasteiger partial charge in [-0.05, 0) is 25.1 Å². The SMILES string of the molecule is O=CN1CCN(C[C@H](O)CN2CCCN(c3ccc(C(F)(F)F)cn3)CC2)CC1. The molecule has 3 heterocycles. The zero-order chi connectivity index (χ0) is 20.9. The van der Waals surface area contributed by atoms with Gasteiger partial charge in [-0.3, -0.25) is 14.6 Å². The Balaban J connectivity index is 1.45. The fraction of sp³-hybridized carbons (Fsp3) is 0.684. The number of aliphatic hydroxyl groups excluding tert-OH is 1. The Labute approximate surface area is 168 Å². The number of alkyl halides is 3. The number of piperazine rings is 1. The van der Waals surface area contributed by atoms with Gasteiger partial charge in [0.1, 0.15) is 5.82 Å². The van der Waals surface area contributed by atoms with Crippen LogP contribution in [0.15, 0.2) is 18.3 Å². The normalized spacial score (nSPS) is 21.1. The van der Waals surface area contributed by atoms with Gasteiger partial charge in [0.15, 0.2) is 0 Å². The van der Waals surface area contributed by atoms with E-state index in [4.69, 9.17) is 0 Å². The number of carbonyl (C=O) groups is 1. The van der Waals surface area contributed by atoms with Crippen molar-refractivity contribution in [1.82, 2.24) is 19.7 Å². The number of rotatable bonds is 6. The van der Waals surface area contributed by atoms with E-state index in [1.165, 1.54) is 6.07 Å². The fourth-order valence-electron chi connectivity index (χ4n) is 3.83. The molecule has 0 radical (unpaired) electrons. The van der Waals surface area contributed by atoms with E-state index in [0.717, 1.165) is 57.8 Å². The molecule has 0 spiro atoms. The summed E-state index contributed by atoms with van der Waals surface area (Å²) in [5.41, 5.74) is -0.741. The summed E-state index contributed by atoms with van der Waals surface area (Å²) < 4.78 is 38.1. The lowest BCUT2D eigenvalue weighted by Gasteiger charge is -2.34. The van der Waals surface area contributed by atoms with E-state index in [2.05, 4.69) is 14.8 Å². The van der Waals surface area contributed by atoms with E-state index in [1.807, 2.05) is 4.90 Å². The second-order valence-corrected chi connectivity index (χ2v) is 7.64. The van der Waals surface area contributed by atoms with Crippen molar-refractivity contribution in [2.24, 2.45) is 0 Å². The summed E-state index contributed by atoms with van der Waals surface area (Å²) in [6.45, 7) is 6.97. The average Bonchev–Trinajstić information content (AvgIpc) is 2.93. The van der Waals surface area contributed by atoms with E-state index >= 15 is 0 Å². The van der Waals surface area contributed by atoms with Crippen LogP contribution in [0, 0.1) is 0 Å². The first-order chi connectivity index (χ1) is 13.8. The molecule has 2 aliphatic heterocycles. The van der Waals surface area contributed by atoms with E-state index in [-0.39, 0.29) is 0 Å². The van der Waals surface area contributed by atoms with Gasteiger partial charge < -0.3 is 14.9 Å². The van der Waals surface area contributed by atoms with Crippen LogP contribution >= 0.6 is 0 Å². The van der Waals surface area contributed by atoms with E-state index in [1.54, 1.807) is 4.90 Å². The van der Waals surface area contributed by atoms with Crippen LogP contribution in [0.3, 0.4) is 0 Å². The lowest BCUT2D eigenvalue weighted by atomic mass is 10.2. The molecule has 2 aliphatic rings. The Bertz CT molecular complexity index is 650. The molecule has 0 bridgehead atoms. The van der Waals surface area contributed by atoms with Crippen LogP contribution in [-0.4, -0.2) is 103 Å². The standard InChI is InChI=1S/C19H28F3N5O2/c20-19(21,22)16-2-3-18(23-12-16)27-5-1-4-24(10-11-27)13-17(29)14-25-6-8-26(15-28)9-7-25/h2-3,12,15,17,29H,1,4-11,13-14H2/t17-/m1/s1. The zero-order valence-corrected chi connectivity index (χ0v) is 16.4. The maximum atomic E-state index is 12.7. The van der Waals surface area contributed by atoms with Gasteiger partial charge in [0.2, 0.25) is 6.41 Å². The van der Waals surface area contributed by atoms with Crippen molar-refractivity contribution in [2.45, 2.75) is 18.7 Å². The molecule has 0 aromatic carbocycles. The fourth-order valence-corrected chi connectivity index (χ4v) is 3.83. The molecule has 1 atom stereocenters. The summed E-state index contributed by atoms with van der Waals surface area (Å²) in [5, 5.41) is 10.5. The van der Waals surface area contributed by atoms with Crippen LogP contribution in [0.25, 0.3) is 0 Å². The highest BCUT2D eigenvalue weighted by molar-refractivity contribution is 5.47. The first kappa shape index (κ1) is 21.8. The predicted molar refractivity (Wildman–Crippen MR) is 103 cm³/mol. The Hall–Kier alpha value is -1.91. The molecule has 29 heavy (non-hydrogen) atoms. The van der Waals surface area contributed by atoms with Gasteiger partial charge in [-0.15, -0.1) is 0 Å². The minimum absolute atomic E-state index is 0.478. The van der Waals surface area contributed by atoms with Gasteiger partial charge in [-0.1, -0.05) is 0 Å². The third-order valence-corrected chi connectivity index (χ3v) is 5.48. The topological polar surface area (TPSA) is 63.2 Å². The van der Waals surface area contributed by atoms with Crippen molar-refractivity contribution in [3.63, 3.8) is 0 Å². The molecule has 1 N–H and O–H groups in total. The molecule has 0 aliphatic carbocycles. The van der Waals surface area contributed by atoms with Gasteiger partial charge >= 0.3 is 6.18 Å². The maximum absolute atomic E-state index is 12.7. The molecule has 7 nitrogen and oxygen atoms in total. The zero-order valence-electron chi connectivity index (χ0n) is 16.4. The Morgan fingerprint density at radius 3 is 2.24 bits per heavy atom. The second kappa shape index (κ2) is 9.73. The number of nitrogens with zero attached hydrogens (tertiary/aromatic N) is 5. The number of anilines is 1. The monoisotopic (exact) mass is 415 g/mol. The van der Waals surface area contributed by atoms with Crippen LogP contribution in [0.2, 0.25) is 0 Å². The molecule has 0 saturated carbocycles. The van der Waals surface area contributed by atoms with Crippen LogP contribution in [0.1, 0.15) is 12.0 Å². The molecule has 0 unspecified atom stereocenters. The highest BCUT2D eigenvalue weighted by Crippen LogP contribution is 2.29. The number of carbonyl (C=O) groups excluding carboxylic acids is 1. The van der Waals surface area contributed by atoms with Crippen molar-refractivity contribution in [3.05, 3.63) is 23.9 Å². The summed E-state index contributed by atoms with van der Waals surface area (Å²) in [5.74, 6) is 0.549. The second-order valence-electron chi connectivity index (χ2n) is 7.64. The maximum Gasteiger partial charge on any atom is 0.417 e. The van der Waals surface area contributed by atoms with E-state index in [0.29, 0.717) is 38.5 Å². The highest BCUT2D eigenvalue weighted by atomic mass is 19.4. The first-order valence-corrected chi connectivity index (χ1v) is 9.95. The number of amides is 1. The number of hydrogen-bond acceptors (Lipinski definition) is 6. The number of pyridine rings is 1. The lowest BCUT2D eigenvalue weighted by molar-refractivity contribution is -0.137. The quantitative estimate of drug-likeness (QED) is 0.692. The molecular formula is C19H28F3N5O2. The summed E-state index contributed by atoms with van der Waals surface area (Å²) >= 11 is 0. The molecule has 1 amide bonds. The van der Waals surface area contributed by atoms with Gasteiger partial charge in [0.05, 0.1) is 11.7 Å². The van der Waals surface area contributed by atoms with Crippen molar-refractivity contribution in [2.75, 3.05) is 70.3 Å². The molecule has 1 aromatic heterocycles. The van der Waals surface area contributed by atoms with E-state index < -0.39 is 17.8 Å². The first-order valence-electron chi connectivity index (χ1n) is 9.95. The molecule has 3 rings (SSSR count). The smallest absolute Gasteiger partial charge is 0.390 e. The van der Waals surface area contributed by atoms with Crippen LogP contribution in [-0.2, 0) is 11.0 Å². The Kier molecular flexibility index (Phi) is 7.31. The van der Waals surface area contributed by atoms with E-state index in [9.17, 15) is 23.1 Å². The van der Waals surface area contributed by atoms with Gasteiger partial charge in [0, 0.05) is 65.1 Å². The predicted octanol–water partition coefficient (Wildman–Crippen LogP) is 0.747. The largest absolute Gasteiger partial charge is 0.417 e. The lowest BCUT2D eigenvalue weighted by Crippen LogP contribution is -2.49. The van der Waals surface area contributed by atoms with Crippen molar-refractivity contribution < 1.29 is 23.1 Å². The number of aliphatic hydroxyl groups is 1. The van der Waals surface area contributed by atoms with Crippen LogP contribution < -0.4 is 4.90 Å². The minimum atomic E-state index is -4.38. The molecule has 2 saturated heterocycles. The summed E-state index contributed by atoms with van der Waals surface area (Å²) in [7, 11) is 0. The highest BCUT2D eigenvalue weighted by Gasteiger charge is 2.31. The summed E-state index contributed by atoms with van der Waals surface area (Å²) in [6.07, 6.45) is -2.26.